The maximum Gasteiger partial charge on any atom is 0.288 e. The van der Waals surface area contributed by atoms with E-state index in [1.807, 2.05) is 42.1 Å². The average Bonchev–Trinajstić information content (AvgIpc) is 2.17. The fourth-order valence-corrected chi connectivity index (χ4v) is 1.01. The topological polar surface area (TPSA) is 33.0 Å². The number of nitrogens with zero attached hydrogens (tertiary/aromatic N) is 1. The molecule has 1 atom stereocenters. The van der Waals surface area contributed by atoms with Crippen molar-refractivity contribution in [2.75, 3.05) is 7.05 Å². The van der Waals surface area contributed by atoms with Crippen molar-refractivity contribution in [3.05, 3.63) is 30.6 Å². The van der Waals surface area contributed by atoms with Crippen molar-refractivity contribution in [2.24, 2.45) is 0 Å². The summed E-state index contributed by atoms with van der Waals surface area (Å²) in [6.45, 7) is 1.86. The molecule has 13 heavy (non-hydrogen) atoms. The van der Waals surface area contributed by atoms with Crippen LogP contribution in [0, 0.1) is 0 Å². The van der Waals surface area contributed by atoms with Crippen LogP contribution in [0.3, 0.4) is 0 Å². The van der Waals surface area contributed by atoms with Crippen molar-refractivity contribution in [3.63, 3.8) is 0 Å². The fraction of sp³-hybridized carbons (Fsp3) is 0.333. The second kappa shape index (κ2) is 6.22. The smallest absolute Gasteiger partial charge is 0.288 e. The SMILES string of the molecule is CNC(=O)C(C)[n+]1ccccc1.[Y]. The van der Waals surface area contributed by atoms with E-state index in [2.05, 4.69) is 5.32 Å². The second-order valence-electron chi connectivity index (χ2n) is 2.61. The molecule has 1 rings (SSSR count). The van der Waals surface area contributed by atoms with Crippen molar-refractivity contribution < 1.29 is 42.1 Å². The standard InChI is InChI=1S/C9H12N2O.Y/c1-8(9(12)10-2)11-6-4-3-5-7-11;/h3-8H,1-2H3;/p+1. The van der Waals surface area contributed by atoms with Gasteiger partial charge in [0.25, 0.3) is 5.91 Å². The van der Waals surface area contributed by atoms with Gasteiger partial charge in [-0.1, -0.05) is 6.07 Å². The average molecular weight is 254 g/mol. The van der Waals surface area contributed by atoms with Gasteiger partial charge < -0.3 is 5.32 Å². The van der Waals surface area contributed by atoms with E-state index >= 15 is 0 Å². The van der Waals surface area contributed by atoms with Gasteiger partial charge in [-0.3, -0.25) is 4.79 Å². The number of hydrogen-bond donors (Lipinski definition) is 1. The van der Waals surface area contributed by atoms with Gasteiger partial charge in [-0.25, -0.2) is 0 Å². The number of hydrogen-bond acceptors (Lipinski definition) is 1. The molecule has 0 aliphatic heterocycles. The second-order valence-corrected chi connectivity index (χ2v) is 2.61. The van der Waals surface area contributed by atoms with Crippen LogP contribution < -0.4 is 9.88 Å². The van der Waals surface area contributed by atoms with E-state index in [0.717, 1.165) is 0 Å². The van der Waals surface area contributed by atoms with E-state index in [-0.39, 0.29) is 44.7 Å². The molecule has 67 valence electrons. The molecule has 1 aromatic rings. The Bertz CT molecular complexity index is 264. The monoisotopic (exact) mass is 254 g/mol. The van der Waals surface area contributed by atoms with Crippen molar-refractivity contribution in [1.29, 1.82) is 0 Å². The number of rotatable bonds is 2. The number of pyridine rings is 1. The van der Waals surface area contributed by atoms with Crippen LogP contribution in [0.25, 0.3) is 0 Å². The summed E-state index contributed by atoms with van der Waals surface area (Å²) in [5.74, 6) is 0.0196. The third kappa shape index (κ3) is 3.53. The molecule has 0 spiro atoms. The molecule has 1 heterocycles. The van der Waals surface area contributed by atoms with Gasteiger partial charge in [0.1, 0.15) is 0 Å². The zero-order valence-electron chi connectivity index (χ0n) is 7.90. The summed E-state index contributed by atoms with van der Waals surface area (Å²) in [6, 6.07) is 5.59. The summed E-state index contributed by atoms with van der Waals surface area (Å²) in [5.41, 5.74) is 0. The van der Waals surface area contributed by atoms with E-state index in [4.69, 9.17) is 0 Å². The molecule has 1 N–H and O–H groups in total. The van der Waals surface area contributed by atoms with Crippen LogP contribution in [-0.2, 0) is 37.5 Å². The van der Waals surface area contributed by atoms with Gasteiger partial charge in [0.2, 0.25) is 6.04 Å². The number of carbonyl (C=O) groups excluding carboxylic acids is 1. The van der Waals surface area contributed by atoms with E-state index in [1.54, 1.807) is 7.05 Å². The molecule has 0 saturated heterocycles. The Balaban J connectivity index is 0.00000144. The van der Waals surface area contributed by atoms with Gasteiger partial charge in [0.15, 0.2) is 12.4 Å². The van der Waals surface area contributed by atoms with E-state index in [1.165, 1.54) is 0 Å². The minimum atomic E-state index is -0.142. The number of amides is 1. The van der Waals surface area contributed by atoms with Gasteiger partial charge in [-0.2, -0.15) is 4.57 Å². The first-order valence-corrected chi connectivity index (χ1v) is 3.93. The number of likely N-dealkylation sites (N-methyl/N-ethyl adjacent to an activating group) is 1. The van der Waals surface area contributed by atoms with Crippen molar-refractivity contribution in [3.8, 4) is 0 Å². The van der Waals surface area contributed by atoms with Crippen LogP contribution in [0.15, 0.2) is 30.6 Å². The summed E-state index contributed by atoms with van der Waals surface area (Å²) in [5, 5.41) is 2.60. The number of carbonyl (C=O) groups is 1. The first-order valence-electron chi connectivity index (χ1n) is 3.93. The van der Waals surface area contributed by atoms with Crippen LogP contribution in [0.4, 0.5) is 0 Å². The third-order valence-corrected chi connectivity index (χ3v) is 1.81. The summed E-state index contributed by atoms with van der Waals surface area (Å²) >= 11 is 0. The predicted molar refractivity (Wildman–Crippen MR) is 45.4 cm³/mol. The predicted octanol–water partition coefficient (Wildman–Crippen LogP) is 0.279. The number of aromatic nitrogens is 1. The third-order valence-electron chi connectivity index (χ3n) is 1.81. The molecule has 1 unspecified atom stereocenters. The van der Waals surface area contributed by atoms with Crippen molar-refractivity contribution in [2.45, 2.75) is 13.0 Å². The maximum absolute atomic E-state index is 11.2. The summed E-state index contributed by atoms with van der Waals surface area (Å²) in [7, 11) is 1.64. The minimum Gasteiger partial charge on any atom is -0.353 e. The van der Waals surface area contributed by atoms with Crippen molar-refractivity contribution >= 4 is 5.91 Å². The van der Waals surface area contributed by atoms with Gasteiger partial charge in [-0.15, -0.1) is 0 Å². The van der Waals surface area contributed by atoms with Gasteiger partial charge in [0.05, 0.1) is 0 Å². The van der Waals surface area contributed by atoms with E-state index in [0.29, 0.717) is 0 Å². The van der Waals surface area contributed by atoms with Crippen LogP contribution in [-0.4, -0.2) is 13.0 Å². The summed E-state index contributed by atoms with van der Waals surface area (Å²) in [4.78, 5) is 11.2. The Morgan fingerprint density at radius 1 is 1.31 bits per heavy atom. The molecular formula is C9H13N2OY+. The molecule has 4 heteroatoms. The Labute approximate surface area is 103 Å². The first kappa shape index (κ1) is 12.7. The maximum atomic E-state index is 11.2. The van der Waals surface area contributed by atoms with Crippen LogP contribution in [0.2, 0.25) is 0 Å². The summed E-state index contributed by atoms with van der Waals surface area (Å²) in [6.07, 6.45) is 3.75. The molecule has 0 fully saturated rings. The van der Waals surface area contributed by atoms with E-state index < -0.39 is 0 Å². The van der Waals surface area contributed by atoms with Gasteiger partial charge in [0, 0.05) is 58.8 Å². The van der Waals surface area contributed by atoms with Gasteiger partial charge in [-0.05, 0) is 0 Å². The molecule has 1 radical (unpaired) electrons. The Morgan fingerprint density at radius 3 is 2.31 bits per heavy atom. The quantitative estimate of drug-likeness (QED) is 0.755. The molecule has 0 aromatic carbocycles. The zero-order valence-corrected chi connectivity index (χ0v) is 10.7. The largest absolute Gasteiger partial charge is 0.353 e. The Morgan fingerprint density at radius 2 is 1.85 bits per heavy atom. The Kier molecular flexibility index (Phi) is 6.09. The normalized spacial score (nSPS) is 11.2. The number of nitrogens with one attached hydrogen (secondary N) is 1. The van der Waals surface area contributed by atoms with Gasteiger partial charge >= 0.3 is 0 Å². The zero-order chi connectivity index (χ0) is 8.97. The minimum absolute atomic E-state index is 0. The molecule has 0 saturated carbocycles. The Hall–Kier alpha value is -0.276. The molecule has 1 amide bonds. The molecule has 0 aliphatic carbocycles. The molecule has 0 aliphatic rings. The molecule has 0 bridgehead atoms. The van der Waals surface area contributed by atoms with Crippen LogP contribution in [0.1, 0.15) is 13.0 Å². The van der Waals surface area contributed by atoms with Crippen LogP contribution >= 0.6 is 0 Å². The molecule has 1 aromatic heterocycles. The van der Waals surface area contributed by atoms with Crippen LogP contribution in [0.5, 0.6) is 0 Å². The summed E-state index contributed by atoms with van der Waals surface area (Å²) < 4.78 is 1.86. The van der Waals surface area contributed by atoms with Crippen molar-refractivity contribution in [1.82, 2.24) is 5.32 Å². The molecular weight excluding hydrogens is 241 g/mol. The molecule has 3 nitrogen and oxygen atoms in total. The first-order chi connectivity index (χ1) is 5.75. The fourth-order valence-electron chi connectivity index (χ4n) is 1.01. The van der Waals surface area contributed by atoms with E-state index in [9.17, 15) is 4.79 Å².